The van der Waals surface area contributed by atoms with Crippen molar-refractivity contribution in [1.29, 1.82) is 0 Å². The Bertz CT molecular complexity index is 1370. The third-order valence-corrected chi connectivity index (χ3v) is 9.22. The van der Waals surface area contributed by atoms with E-state index in [1.807, 2.05) is 51.6 Å². The molecule has 10 nitrogen and oxygen atoms in total. The molecule has 5 rings (SSSR count). The van der Waals surface area contributed by atoms with Crippen LogP contribution < -0.4 is 10.4 Å². The van der Waals surface area contributed by atoms with Gasteiger partial charge in [-0.05, 0) is 24.0 Å². The van der Waals surface area contributed by atoms with Crippen molar-refractivity contribution in [3.05, 3.63) is 58.2 Å². The summed E-state index contributed by atoms with van der Waals surface area (Å²) >= 11 is 1.45. The first-order valence-corrected chi connectivity index (χ1v) is 14.6. The summed E-state index contributed by atoms with van der Waals surface area (Å²) in [5.41, 5.74) is 2.71. The molecule has 40 heavy (non-hydrogen) atoms. The summed E-state index contributed by atoms with van der Waals surface area (Å²) in [4.78, 5) is 43.0. The van der Waals surface area contributed by atoms with Gasteiger partial charge in [0.25, 0.3) is 0 Å². The van der Waals surface area contributed by atoms with E-state index in [4.69, 9.17) is 0 Å². The van der Waals surface area contributed by atoms with Gasteiger partial charge in [0.1, 0.15) is 5.01 Å². The quantitative estimate of drug-likeness (QED) is 0.370. The Kier molecular flexibility index (Phi) is 8.04. The number of hydrogen-bond donors (Lipinski definition) is 1. The number of hydrogen-bond acceptors (Lipinski definition) is 7. The zero-order chi connectivity index (χ0) is 28.3. The van der Waals surface area contributed by atoms with Gasteiger partial charge >= 0.3 is 0 Å². The number of aryl methyl sites for hydroxylation is 1. The average Bonchev–Trinajstić information content (AvgIpc) is 3.65. The van der Waals surface area contributed by atoms with E-state index in [-0.39, 0.29) is 24.8 Å². The molecule has 0 unspecified atom stereocenters. The van der Waals surface area contributed by atoms with Crippen molar-refractivity contribution in [2.75, 3.05) is 39.8 Å². The normalized spacial score (nSPS) is 17.4. The summed E-state index contributed by atoms with van der Waals surface area (Å²) in [6, 6.07) is 7.72. The maximum absolute atomic E-state index is 13.3. The van der Waals surface area contributed by atoms with Crippen molar-refractivity contribution in [1.82, 2.24) is 25.0 Å². The van der Waals surface area contributed by atoms with Gasteiger partial charge in [0.05, 0.1) is 63.6 Å². The highest BCUT2D eigenvalue weighted by Crippen LogP contribution is 2.40. The summed E-state index contributed by atoms with van der Waals surface area (Å²) < 4.78 is 2.91. The van der Waals surface area contributed by atoms with Gasteiger partial charge in [0.2, 0.25) is 11.8 Å². The fourth-order valence-electron chi connectivity index (χ4n) is 5.92. The molecule has 3 aromatic rings. The Morgan fingerprint density at radius 1 is 1.15 bits per heavy atom. The molecule has 1 aromatic carbocycles. The lowest BCUT2D eigenvalue weighted by molar-refractivity contribution is -0.913. The van der Waals surface area contributed by atoms with E-state index in [9.17, 15) is 19.5 Å². The molecular formula is C29H36N6O4S. The molecule has 1 aliphatic carbocycles. The Morgan fingerprint density at radius 2 is 1.85 bits per heavy atom. The van der Waals surface area contributed by atoms with Crippen LogP contribution in [0.15, 0.2) is 42.0 Å². The van der Waals surface area contributed by atoms with Crippen LogP contribution in [0.3, 0.4) is 0 Å². The summed E-state index contributed by atoms with van der Waals surface area (Å²) in [5, 5.41) is 21.7. The van der Waals surface area contributed by atoms with Gasteiger partial charge in [-0.25, -0.2) is 4.98 Å². The van der Waals surface area contributed by atoms with Gasteiger partial charge in [-0.15, -0.1) is 11.3 Å². The highest BCUT2D eigenvalue weighted by molar-refractivity contribution is 7.09. The van der Waals surface area contributed by atoms with Gasteiger partial charge in [0, 0.05) is 49.4 Å². The first kappa shape index (κ1) is 28.0. The second-order valence-electron chi connectivity index (χ2n) is 11.4. The number of amides is 2. The van der Waals surface area contributed by atoms with E-state index in [1.165, 1.54) is 11.3 Å². The highest BCUT2D eigenvalue weighted by Gasteiger charge is 2.43. The van der Waals surface area contributed by atoms with Crippen molar-refractivity contribution in [3.63, 3.8) is 0 Å². The number of carboxylic acids is 1. The maximum Gasteiger partial charge on any atom is 0.227 e. The van der Waals surface area contributed by atoms with E-state index >= 15 is 0 Å². The van der Waals surface area contributed by atoms with Crippen LogP contribution >= 0.6 is 11.3 Å². The Morgan fingerprint density at radius 3 is 2.50 bits per heavy atom. The molecule has 0 spiro atoms. The molecule has 3 heterocycles. The minimum atomic E-state index is -1.22. The summed E-state index contributed by atoms with van der Waals surface area (Å²) in [6.45, 7) is 7.29. The molecule has 2 aliphatic rings. The molecule has 1 aliphatic heterocycles. The molecule has 0 radical (unpaired) electrons. The summed E-state index contributed by atoms with van der Waals surface area (Å²) in [6.07, 6.45) is 5.26. The first-order chi connectivity index (χ1) is 19.1. The molecule has 1 N–H and O–H groups in total. The minimum absolute atomic E-state index is 0.155. The third kappa shape index (κ3) is 6.26. The van der Waals surface area contributed by atoms with Crippen LogP contribution in [0.25, 0.3) is 11.3 Å². The fourth-order valence-corrected chi connectivity index (χ4v) is 6.67. The number of quaternary nitrogens is 1. The minimum Gasteiger partial charge on any atom is -0.550 e. The number of carbonyl (C=O) groups is 3. The van der Waals surface area contributed by atoms with Crippen LogP contribution in [0.4, 0.5) is 0 Å². The smallest absolute Gasteiger partial charge is 0.227 e. The molecular weight excluding hydrogens is 528 g/mol. The lowest BCUT2D eigenvalue weighted by Crippen LogP contribution is -2.58. The predicted molar refractivity (Wildman–Crippen MR) is 149 cm³/mol. The number of carbonyl (C=O) groups excluding carboxylic acids is 3. The van der Waals surface area contributed by atoms with Crippen molar-refractivity contribution < 1.29 is 24.0 Å². The maximum atomic E-state index is 13.3. The first-order valence-electron chi connectivity index (χ1n) is 13.8. The number of carboxylic acid groups (broad SMARTS) is 1. The molecule has 11 heteroatoms. The zero-order valence-corrected chi connectivity index (χ0v) is 23.9. The van der Waals surface area contributed by atoms with E-state index in [1.54, 1.807) is 6.92 Å². The van der Waals surface area contributed by atoms with Crippen molar-refractivity contribution >= 4 is 29.1 Å². The fraction of sp³-hybridized carbons (Fsp3) is 0.483. The van der Waals surface area contributed by atoms with Crippen LogP contribution in [0.2, 0.25) is 0 Å². The van der Waals surface area contributed by atoms with E-state index < -0.39 is 11.4 Å². The Hall–Kier alpha value is -3.57. The average molecular weight is 565 g/mol. The second-order valence-corrected chi connectivity index (χ2v) is 12.3. The molecule has 0 saturated carbocycles. The molecule has 0 atom stereocenters. The van der Waals surface area contributed by atoms with Crippen LogP contribution in [0, 0.1) is 5.41 Å². The van der Waals surface area contributed by atoms with Gasteiger partial charge in [-0.2, -0.15) is 5.10 Å². The number of rotatable bonds is 10. The number of fused-ring (bicyclic) bond motifs is 1. The Balaban J connectivity index is 1.13. The Labute approximate surface area is 238 Å². The highest BCUT2D eigenvalue weighted by atomic mass is 32.1. The third-order valence-electron chi connectivity index (χ3n) is 8.37. The predicted octanol–water partition coefficient (Wildman–Crippen LogP) is 1.25. The van der Waals surface area contributed by atoms with Crippen LogP contribution in [0.1, 0.15) is 35.9 Å². The number of thiazole rings is 1. The van der Waals surface area contributed by atoms with E-state index in [0.29, 0.717) is 12.8 Å². The zero-order valence-electron chi connectivity index (χ0n) is 23.1. The van der Waals surface area contributed by atoms with Gasteiger partial charge in [-0.3, -0.25) is 14.3 Å². The number of aromatic nitrogens is 3. The van der Waals surface area contributed by atoms with Crippen molar-refractivity contribution in [2.24, 2.45) is 5.41 Å². The van der Waals surface area contributed by atoms with Crippen molar-refractivity contribution in [2.45, 2.75) is 45.7 Å². The summed E-state index contributed by atoms with van der Waals surface area (Å²) in [5.74, 6) is -1.35. The van der Waals surface area contributed by atoms with Gasteiger partial charge in [-0.1, -0.05) is 24.3 Å². The lowest BCUT2D eigenvalue weighted by atomic mass is 9.80. The largest absolute Gasteiger partial charge is 0.550 e. The van der Waals surface area contributed by atoms with E-state index in [2.05, 4.69) is 22.4 Å². The number of benzene rings is 1. The van der Waals surface area contributed by atoms with Gasteiger partial charge < -0.3 is 24.6 Å². The molecule has 0 bridgehead atoms. The summed E-state index contributed by atoms with van der Waals surface area (Å²) in [7, 11) is 2.26. The van der Waals surface area contributed by atoms with Crippen LogP contribution in [-0.2, 0) is 40.3 Å². The number of piperazine rings is 1. The van der Waals surface area contributed by atoms with E-state index in [0.717, 1.165) is 77.6 Å². The second kappa shape index (κ2) is 11.5. The monoisotopic (exact) mass is 564 g/mol. The molecule has 212 valence electrons. The SMILES string of the molecule is CC(=O)N1CC[N+](C)(CCCn2cc(-c3csc(CNC(=O)C4(CC(=O)[O-])Cc5ccccc5C4)n3)cn2)CC1. The lowest BCUT2D eigenvalue weighted by Gasteiger charge is -2.41. The molecule has 2 amide bonds. The van der Waals surface area contributed by atoms with Gasteiger partial charge in [0.15, 0.2) is 0 Å². The standard InChI is InChI=1S/C29H36N6O4S/c1-21(36)33-9-12-35(2,13-10-33)11-5-8-34-19-24(17-31-34)25-20-40-26(32-25)18-30-28(39)29(16-27(37)38)14-22-6-3-4-7-23(22)15-29/h3-4,6-7,17,19-20H,5,8-16,18H2,1-2H3,(H-,30,37,38,39). The number of aliphatic carboxylic acids is 1. The number of nitrogens with one attached hydrogen (secondary N) is 1. The topological polar surface area (TPSA) is 120 Å². The van der Waals surface area contributed by atoms with Crippen molar-refractivity contribution in [3.8, 4) is 11.3 Å². The van der Waals surface area contributed by atoms with Crippen LogP contribution in [0.5, 0.6) is 0 Å². The number of likely N-dealkylation sites (N-methyl/N-ethyl adjacent to an activating group) is 1. The molecule has 1 saturated heterocycles. The number of nitrogens with zero attached hydrogens (tertiary/aromatic N) is 5. The van der Waals surface area contributed by atoms with Crippen LogP contribution in [-0.4, -0.2) is 81.7 Å². The molecule has 1 fully saturated rings. The molecule has 2 aromatic heterocycles.